The first kappa shape index (κ1) is 10.5. The van der Waals surface area contributed by atoms with Crippen molar-refractivity contribution in [3.63, 3.8) is 0 Å². The van der Waals surface area contributed by atoms with Gasteiger partial charge in [-0.25, -0.2) is 14.5 Å². The molecule has 1 N–H and O–H groups in total. The smallest absolute Gasteiger partial charge is 0.343 e. The zero-order chi connectivity index (χ0) is 12.7. The Bertz CT molecular complexity index is 710. The van der Waals surface area contributed by atoms with E-state index in [1.807, 2.05) is 24.3 Å². The molecular formula is C11H9N5O2. The number of aromatic amines is 1. The number of fused-ring (bicyclic) bond motifs is 1. The van der Waals surface area contributed by atoms with Crippen LogP contribution in [0.5, 0.6) is 0 Å². The first-order valence-corrected chi connectivity index (χ1v) is 5.28. The molecule has 18 heavy (non-hydrogen) atoms. The molecule has 0 aliphatic carbocycles. The Morgan fingerprint density at radius 3 is 2.83 bits per heavy atom. The standard InChI is InChI=1S/C11H9N5O2/c1-15-9(16(17)18)6-12-11(15)10-13-7-4-2-3-5-8(7)14-10/h2-6H,1H3,(H,13,14). The molecular weight excluding hydrogens is 234 g/mol. The maximum atomic E-state index is 10.8. The van der Waals surface area contributed by atoms with Crippen LogP contribution in [0.15, 0.2) is 30.5 Å². The van der Waals surface area contributed by atoms with Gasteiger partial charge in [0.25, 0.3) is 5.82 Å². The highest BCUT2D eigenvalue weighted by molar-refractivity contribution is 5.78. The van der Waals surface area contributed by atoms with Crippen molar-refractivity contribution < 1.29 is 4.92 Å². The fraction of sp³-hybridized carbons (Fsp3) is 0.0909. The topological polar surface area (TPSA) is 89.6 Å². The summed E-state index contributed by atoms with van der Waals surface area (Å²) in [5, 5.41) is 10.8. The third-order valence-electron chi connectivity index (χ3n) is 2.75. The molecule has 7 heteroatoms. The van der Waals surface area contributed by atoms with Crippen molar-refractivity contribution in [1.29, 1.82) is 0 Å². The highest BCUT2D eigenvalue weighted by atomic mass is 16.6. The summed E-state index contributed by atoms with van der Waals surface area (Å²) in [4.78, 5) is 21.8. The number of para-hydroxylation sites is 2. The van der Waals surface area contributed by atoms with Gasteiger partial charge in [-0.05, 0) is 17.1 Å². The first-order valence-electron chi connectivity index (χ1n) is 5.28. The molecule has 0 bridgehead atoms. The van der Waals surface area contributed by atoms with Gasteiger partial charge in [-0.3, -0.25) is 0 Å². The molecule has 0 fully saturated rings. The average Bonchev–Trinajstić information content (AvgIpc) is 2.91. The molecule has 0 spiro atoms. The molecule has 0 radical (unpaired) electrons. The van der Waals surface area contributed by atoms with E-state index >= 15 is 0 Å². The Morgan fingerprint density at radius 1 is 1.39 bits per heavy atom. The molecule has 3 aromatic rings. The number of hydrogen-bond donors (Lipinski definition) is 1. The van der Waals surface area contributed by atoms with E-state index in [-0.39, 0.29) is 5.82 Å². The molecule has 90 valence electrons. The monoisotopic (exact) mass is 243 g/mol. The van der Waals surface area contributed by atoms with Gasteiger partial charge < -0.3 is 15.1 Å². The second-order valence-corrected chi connectivity index (χ2v) is 3.86. The third kappa shape index (κ3) is 1.45. The van der Waals surface area contributed by atoms with Crippen molar-refractivity contribution in [2.45, 2.75) is 0 Å². The van der Waals surface area contributed by atoms with E-state index in [4.69, 9.17) is 0 Å². The minimum Gasteiger partial charge on any atom is -0.358 e. The summed E-state index contributed by atoms with van der Waals surface area (Å²) in [6.45, 7) is 0. The lowest BCUT2D eigenvalue weighted by molar-refractivity contribution is -0.391. The molecule has 7 nitrogen and oxygen atoms in total. The van der Waals surface area contributed by atoms with E-state index in [1.54, 1.807) is 7.05 Å². The Morgan fingerprint density at radius 2 is 2.17 bits per heavy atom. The molecule has 0 unspecified atom stereocenters. The van der Waals surface area contributed by atoms with Crippen LogP contribution in [-0.4, -0.2) is 24.4 Å². The van der Waals surface area contributed by atoms with Gasteiger partial charge in [0.1, 0.15) is 6.20 Å². The van der Waals surface area contributed by atoms with Crippen molar-refractivity contribution in [2.75, 3.05) is 0 Å². The van der Waals surface area contributed by atoms with E-state index in [0.717, 1.165) is 11.0 Å². The number of hydrogen-bond acceptors (Lipinski definition) is 4. The van der Waals surface area contributed by atoms with Crippen molar-refractivity contribution in [3.05, 3.63) is 40.6 Å². The number of imidazole rings is 2. The van der Waals surface area contributed by atoms with E-state index in [0.29, 0.717) is 11.6 Å². The lowest BCUT2D eigenvalue weighted by Gasteiger charge is -1.95. The highest BCUT2D eigenvalue weighted by Gasteiger charge is 2.20. The summed E-state index contributed by atoms with van der Waals surface area (Å²) in [6, 6.07) is 7.54. The second-order valence-electron chi connectivity index (χ2n) is 3.86. The number of aromatic nitrogens is 4. The van der Waals surface area contributed by atoms with Crippen molar-refractivity contribution >= 4 is 16.9 Å². The van der Waals surface area contributed by atoms with Crippen LogP contribution in [0.2, 0.25) is 0 Å². The summed E-state index contributed by atoms with van der Waals surface area (Å²) < 4.78 is 1.40. The van der Waals surface area contributed by atoms with Crippen LogP contribution in [0, 0.1) is 10.1 Å². The largest absolute Gasteiger partial charge is 0.358 e. The van der Waals surface area contributed by atoms with Crippen molar-refractivity contribution in [1.82, 2.24) is 19.5 Å². The average molecular weight is 243 g/mol. The van der Waals surface area contributed by atoms with Crippen LogP contribution in [0.25, 0.3) is 22.7 Å². The molecule has 0 atom stereocenters. The van der Waals surface area contributed by atoms with E-state index < -0.39 is 4.92 Å². The Balaban J connectivity index is 2.17. The minimum atomic E-state index is -0.473. The van der Waals surface area contributed by atoms with Crippen molar-refractivity contribution in [3.8, 4) is 11.6 Å². The van der Waals surface area contributed by atoms with E-state index in [1.165, 1.54) is 10.8 Å². The highest BCUT2D eigenvalue weighted by Crippen LogP contribution is 2.22. The normalized spacial score (nSPS) is 10.9. The quantitative estimate of drug-likeness (QED) is 0.549. The molecule has 0 amide bonds. The minimum absolute atomic E-state index is 0.0644. The zero-order valence-corrected chi connectivity index (χ0v) is 9.49. The fourth-order valence-corrected chi connectivity index (χ4v) is 1.85. The van der Waals surface area contributed by atoms with Crippen molar-refractivity contribution in [2.24, 2.45) is 7.05 Å². The van der Waals surface area contributed by atoms with Gasteiger partial charge in [-0.2, -0.15) is 0 Å². The van der Waals surface area contributed by atoms with Crippen LogP contribution in [-0.2, 0) is 7.05 Å². The zero-order valence-electron chi connectivity index (χ0n) is 9.49. The van der Waals surface area contributed by atoms with Gasteiger partial charge in [0.2, 0.25) is 0 Å². The maximum absolute atomic E-state index is 10.8. The van der Waals surface area contributed by atoms with Crippen LogP contribution in [0.4, 0.5) is 5.82 Å². The summed E-state index contributed by atoms with van der Waals surface area (Å²) >= 11 is 0. The van der Waals surface area contributed by atoms with Crippen LogP contribution < -0.4 is 0 Å². The van der Waals surface area contributed by atoms with E-state index in [2.05, 4.69) is 15.0 Å². The predicted molar refractivity (Wildman–Crippen MR) is 65.0 cm³/mol. The van der Waals surface area contributed by atoms with Gasteiger partial charge >= 0.3 is 5.82 Å². The number of nitro groups is 1. The molecule has 0 saturated carbocycles. The Kier molecular flexibility index (Phi) is 2.12. The van der Waals surface area contributed by atoms with Gasteiger partial charge in [0.15, 0.2) is 5.82 Å². The summed E-state index contributed by atoms with van der Waals surface area (Å²) in [5.41, 5.74) is 1.68. The number of nitrogens with zero attached hydrogens (tertiary/aromatic N) is 4. The first-order chi connectivity index (χ1) is 8.66. The molecule has 0 saturated heterocycles. The lowest BCUT2D eigenvalue weighted by atomic mass is 10.3. The van der Waals surface area contributed by atoms with Gasteiger partial charge in [0, 0.05) is 0 Å². The molecule has 0 aliphatic rings. The SMILES string of the molecule is Cn1c([N+](=O)[O-])cnc1-c1nc2ccccc2[nH]1. The predicted octanol–water partition coefficient (Wildman–Crippen LogP) is 1.87. The number of nitrogens with one attached hydrogen (secondary N) is 1. The fourth-order valence-electron chi connectivity index (χ4n) is 1.85. The van der Waals surface area contributed by atoms with Crippen LogP contribution >= 0.6 is 0 Å². The van der Waals surface area contributed by atoms with Crippen LogP contribution in [0.1, 0.15) is 0 Å². The summed E-state index contributed by atoms with van der Waals surface area (Å²) in [6.07, 6.45) is 1.22. The molecule has 2 aromatic heterocycles. The molecule has 0 aliphatic heterocycles. The molecule has 3 rings (SSSR count). The third-order valence-corrected chi connectivity index (χ3v) is 2.75. The summed E-state index contributed by atoms with van der Waals surface area (Å²) in [7, 11) is 1.59. The Labute approximate surface area is 101 Å². The van der Waals surface area contributed by atoms with E-state index in [9.17, 15) is 10.1 Å². The lowest BCUT2D eigenvalue weighted by Crippen LogP contribution is -1.99. The number of H-pyrrole nitrogens is 1. The second kappa shape index (κ2) is 3.66. The van der Waals surface area contributed by atoms with Gasteiger partial charge in [0.05, 0.1) is 18.1 Å². The Hall–Kier alpha value is -2.70. The van der Waals surface area contributed by atoms with Gasteiger partial charge in [-0.15, -0.1) is 0 Å². The molecule has 2 heterocycles. The maximum Gasteiger partial charge on any atom is 0.343 e. The summed E-state index contributed by atoms with van der Waals surface area (Å²) in [5.74, 6) is 0.898. The van der Waals surface area contributed by atoms with Gasteiger partial charge in [-0.1, -0.05) is 12.1 Å². The number of rotatable bonds is 2. The molecule has 1 aromatic carbocycles. The van der Waals surface area contributed by atoms with Crippen LogP contribution in [0.3, 0.4) is 0 Å². The number of benzene rings is 1.